The van der Waals surface area contributed by atoms with Crippen LogP contribution in [0.2, 0.25) is 0 Å². The first-order chi connectivity index (χ1) is 16.2. The van der Waals surface area contributed by atoms with Crippen molar-refractivity contribution in [3.8, 4) is 17.0 Å². The van der Waals surface area contributed by atoms with E-state index in [0.29, 0.717) is 6.54 Å². The Balaban J connectivity index is 1.51. The van der Waals surface area contributed by atoms with Crippen LogP contribution in [0.1, 0.15) is 26.3 Å². The van der Waals surface area contributed by atoms with Gasteiger partial charge in [-0.1, -0.05) is 53.8 Å². The second-order valence-electron chi connectivity index (χ2n) is 9.11. The van der Waals surface area contributed by atoms with Crippen LogP contribution < -0.4 is 20.3 Å². The molecular weight excluding hydrogens is 448 g/mol. The van der Waals surface area contributed by atoms with E-state index in [4.69, 9.17) is 14.8 Å². The minimum atomic E-state index is -0.171. The number of amides is 1. The van der Waals surface area contributed by atoms with Gasteiger partial charge < -0.3 is 20.3 Å². The average molecular weight is 479 g/mol. The summed E-state index contributed by atoms with van der Waals surface area (Å²) in [5.41, 5.74) is 2.70. The Morgan fingerprint density at radius 1 is 1.15 bits per heavy atom. The number of rotatable bonds is 8. The van der Waals surface area contributed by atoms with Crippen LogP contribution in [-0.2, 0) is 11.3 Å². The molecule has 9 heteroatoms. The lowest BCUT2D eigenvalue weighted by atomic mass is 10.1. The molecule has 34 heavy (non-hydrogen) atoms. The van der Waals surface area contributed by atoms with E-state index >= 15 is 0 Å². The number of anilines is 2. The number of methoxy groups -OCH3 is 1. The summed E-state index contributed by atoms with van der Waals surface area (Å²) < 4.78 is 7.07. The van der Waals surface area contributed by atoms with Crippen molar-refractivity contribution < 1.29 is 9.53 Å². The summed E-state index contributed by atoms with van der Waals surface area (Å²) in [6.45, 7) is 6.94. The first-order valence-corrected chi connectivity index (χ1v) is 11.9. The van der Waals surface area contributed by atoms with Crippen molar-refractivity contribution in [2.75, 3.05) is 30.9 Å². The largest absolute Gasteiger partial charge is 0.497 e. The van der Waals surface area contributed by atoms with Gasteiger partial charge in [0.2, 0.25) is 16.0 Å². The maximum absolute atomic E-state index is 12.6. The fourth-order valence-corrected chi connectivity index (χ4v) is 4.34. The molecule has 0 aliphatic heterocycles. The van der Waals surface area contributed by atoms with E-state index in [1.165, 1.54) is 11.3 Å². The molecule has 2 heterocycles. The minimum Gasteiger partial charge on any atom is -0.497 e. The zero-order chi connectivity index (χ0) is 24.3. The highest BCUT2D eigenvalue weighted by atomic mass is 32.1. The third-order valence-electron chi connectivity index (χ3n) is 5.06. The summed E-state index contributed by atoms with van der Waals surface area (Å²) in [6, 6.07) is 17.7. The van der Waals surface area contributed by atoms with Gasteiger partial charge in [-0.2, -0.15) is 4.52 Å². The van der Waals surface area contributed by atoms with Gasteiger partial charge in [-0.3, -0.25) is 4.79 Å². The van der Waals surface area contributed by atoms with E-state index in [0.717, 1.165) is 38.5 Å². The zero-order valence-corrected chi connectivity index (χ0v) is 20.9. The van der Waals surface area contributed by atoms with Crippen molar-refractivity contribution in [1.29, 1.82) is 0 Å². The topological polar surface area (TPSA) is 83.8 Å². The van der Waals surface area contributed by atoms with Crippen LogP contribution >= 0.6 is 11.3 Å². The molecule has 4 rings (SSSR count). The highest BCUT2D eigenvalue weighted by Crippen LogP contribution is 2.34. The number of hydrogen-bond donors (Lipinski definition) is 2. The van der Waals surface area contributed by atoms with Gasteiger partial charge in [-0.25, -0.2) is 4.98 Å². The van der Waals surface area contributed by atoms with Crippen LogP contribution in [0.4, 0.5) is 10.9 Å². The number of carbonyl (C=O) groups excluding carboxylic acids is 1. The Hall–Kier alpha value is -3.59. The van der Waals surface area contributed by atoms with Gasteiger partial charge in [-0.05, 0) is 38.5 Å². The van der Waals surface area contributed by atoms with Crippen molar-refractivity contribution in [2.45, 2.75) is 32.9 Å². The Morgan fingerprint density at radius 2 is 1.91 bits per heavy atom. The van der Waals surface area contributed by atoms with Gasteiger partial charge in [0.25, 0.3) is 0 Å². The number of benzene rings is 2. The lowest BCUT2D eigenvalue weighted by molar-refractivity contribution is -0.119. The molecule has 0 saturated carbocycles. The molecule has 0 fully saturated rings. The normalized spacial score (nSPS) is 11.4. The number of ether oxygens (including phenoxy) is 1. The second kappa shape index (κ2) is 9.72. The Labute approximate surface area is 203 Å². The molecule has 0 aliphatic rings. The van der Waals surface area contributed by atoms with Crippen molar-refractivity contribution in [2.24, 2.45) is 0 Å². The Kier molecular flexibility index (Phi) is 6.74. The van der Waals surface area contributed by atoms with E-state index in [9.17, 15) is 4.79 Å². The maximum Gasteiger partial charge on any atom is 0.239 e. The van der Waals surface area contributed by atoms with E-state index < -0.39 is 0 Å². The van der Waals surface area contributed by atoms with Crippen LogP contribution in [0.5, 0.6) is 5.75 Å². The van der Waals surface area contributed by atoms with Gasteiger partial charge in [0.05, 0.1) is 13.7 Å². The molecule has 2 N–H and O–H groups in total. The number of fused-ring (bicyclic) bond motifs is 1. The van der Waals surface area contributed by atoms with E-state index in [1.54, 1.807) is 7.11 Å². The summed E-state index contributed by atoms with van der Waals surface area (Å²) >= 11 is 1.45. The molecule has 2 aromatic carbocycles. The second-order valence-corrected chi connectivity index (χ2v) is 10.0. The third-order valence-corrected chi connectivity index (χ3v) is 6.09. The highest BCUT2D eigenvalue weighted by molar-refractivity contribution is 7.20. The number of nitrogens with zero attached hydrogens (tertiary/aromatic N) is 4. The molecule has 2 aromatic heterocycles. The van der Waals surface area contributed by atoms with Crippen molar-refractivity contribution >= 4 is 33.2 Å². The van der Waals surface area contributed by atoms with E-state index in [-0.39, 0.29) is 18.0 Å². The smallest absolute Gasteiger partial charge is 0.239 e. The van der Waals surface area contributed by atoms with Gasteiger partial charge in [0, 0.05) is 24.7 Å². The van der Waals surface area contributed by atoms with Crippen LogP contribution in [0.15, 0.2) is 54.6 Å². The molecule has 0 spiro atoms. The summed E-state index contributed by atoms with van der Waals surface area (Å²) in [5, 5.41) is 12.0. The number of imidazole rings is 1. The predicted octanol–water partition coefficient (Wildman–Crippen LogP) is 4.43. The molecular formula is C25H30N6O2S. The summed E-state index contributed by atoms with van der Waals surface area (Å²) in [5.74, 6) is 1.52. The fourth-order valence-electron chi connectivity index (χ4n) is 3.48. The molecule has 0 unspecified atom stereocenters. The zero-order valence-electron chi connectivity index (χ0n) is 20.1. The van der Waals surface area contributed by atoms with Crippen molar-refractivity contribution in [3.63, 3.8) is 0 Å². The Bertz CT molecular complexity index is 1280. The first kappa shape index (κ1) is 23.6. The summed E-state index contributed by atoms with van der Waals surface area (Å²) in [6.07, 6.45) is 0. The number of likely N-dealkylation sites (N-methyl/N-ethyl adjacent to an activating group) is 1. The number of nitrogens with one attached hydrogen (secondary N) is 2. The number of carbonyl (C=O) groups is 1. The first-order valence-electron chi connectivity index (χ1n) is 11.1. The molecule has 1 amide bonds. The molecule has 0 radical (unpaired) electrons. The van der Waals surface area contributed by atoms with Gasteiger partial charge >= 0.3 is 0 Å². The highest BCUT2D eigenvalue weighted by Gasteiger charge is 2.23. The standard InChI is InChI=1S/C25H30N6O2S/c1-25(2,3)28-22-21(18-11-7-6-8-12-18)27-23-31(22)29-24(34-23)30(4)16-20(32)26-15-17-10-9-13-19(14-17)33-5/h6-14,28H,15-16H2,1-5H3,(H,26,32). The maximum atomic E-state index is 12.6. The molecule has 178 valence electrons. The van der Waals surface area contributed by atoms with Crippen molar-refractivity contribution in [1.82, 2.24) is 19.9 Å². The fraction of sp³-hybridized carbons (Fsp3) is 0.320. The molecule has 0 saturated heterocycles. The molecule has 8 nitrogen and oxygen atoms in total. The number of hydrogen-bond acceptors (Lipinski definition) is 7. The van der Waals surface area contributed by atoms with Crippen LogP contribution in [0.3, 0.4) is 0 Å². The third kappa shape index (κ3) is 5.48. The molecule has 0 aliphatic carbocycles. The molecule has 0 bridgehead atoms. The Morgan fingerprint density at radius 3 is 2.62 bits per heavy atom. The van der Waals surface area contributed by atoms with Gasteiger partial charge in [-0.15, -0.1) is 5.10 Å². The van der Waals surface area contributed by atoms with Gasteiger partial charge in [0.1, 0.15) is 11.4 Å². The monoisotopic (exact) mass is 478 g/mol. The average Bonchev–Trinajstić information content (AvgIpc) is 3.37. The lowest BCUT2D eigenvalue weighted by Gasteiger charge is -2.22. The van der Waals surface area contributed by atoms with Crippen LogP contribution in [0.25, 0.3) is 16.2 Å². The molecule has 4 aromatic rings. The van der Waals surface area contributed by atoms with Crippen LogP contribution in [-0.4, -0.2) is 46.7 Å². The van der Waals surface area contributed by atoms with Gasteiger partial charge in [0.15, 0.2) is 5.82 Å². The van der Waals surface area contributed by atoms with Crippen molar-refractivity contribution in [3.05, 3.63) is 60.2 Å². The quantitative estimate of drug-likeness (QED) is 0.390. The lowest BCUT2D eigenvalue weighted by Crippen LogP contribution is -2.34. The summed E-state index contributed by atoms with van der Waals surface area (Å²) in [7, 11) is 3.49. The van der Waals surface area contributed by atoms with E-state index in [2.05, 4.69) is 31.4 Å². The predicted molar refractivity (Wildman–Crippen MR) is 138 cm³/mol. The number of aromatic nitrogens is 3. The SMILES string of the molecule is COc1cccc(CNC(=O)CN(C)c2nn3c(NC(C)(C)C)c(-c4ccccc4)nc3s2)c1. The van der Waals surface area contributed by atoms with Crippen LogP contribution in [0, 0.1) is 0 Å². The summed E-state index contributed by atoms with van der Waals surface area (Å²) in [4.78, 5) is 20.0. The van der Waals surface area contributed by atoms with E-state index in [1.807, 2.05) is 71.1 Å². The molecule has 0 atom stereocenters. The minimum absolute atomic E-state index is 0.0869.